The Bertz CT molecular complexity index is 1140. The van der Waals surface area contributed by atoms with Crippen molar-refractivity contribution in [2.24, 2.45) is 11.8 Å². The maximum atomic E-state index is 13.1. The van der Waals surface area contributed by atoms with E-state index in [2.05, 4.69) is 11.9 Å². The number of fused-ring (bicyclic) bond motifs is 2. The summed E-state index contributed by atoms with van der Waals surface area (Å²) in [6, 6.07) is 4.43. The topological polar surface area (TPSA) is 125 Å². The van der Waals surface area contributed by atoms with Crippen molar-refractivity contribution in [1.29, 1.82) is 0 Å². The van der Waals surface area contributed by atoms with Gasteiger partial charge in [0.1, 0.15) is 0 Å². The number of pyridine rings is 1. The smallest absolute Gasteiger partial charge is 0.336 e. The molecule has 2 N–H and O–H groups in total. The number of hydrogen-bond donors (Lipinski definition) is 2. The van der Waals surface area contributed by atoms with Crippen LogP contribution in [-0.4, -0.2) is 52.9 Å². The van der Waals surface area contributed by atoms with Crippen molar-refractivity contribution in [3.8, 4) is 0 Å². The molecule has 2 aliphatic rings. The molecule has 2 aromatic rings. The molecule has 1 atom stereocenters. The quantitative estimate of drug-likeness (QED) is 0.760. The van der Waals surface area contributed by atoms with Gasteiger partial charge in [0.15, 0.2) is 0 Å². The highest BCUT2D eigenvalue weighted by molar-refractivity contribution is 7.89. The number of nitrogens with zero attached hydrogens (tertiary/aromatic N) is 2. The lowest BCUT2D eigenvalue weighted by molar-refractivity contribution is -0.142. The Morgan fingerprint density at radius 3 is 2.47 bits per heavy atom. The third-order valence-corrected chi connectivity index (χ3v) is 8.12. The molecule has 0 bridgehead atoms. The normalized spacial score (nSPS) is 20.8. The second kappa shape index (κ2) is 7.63. The Morgan fingerprint density at radius 1 is 1.13 bits per heavy atom. The van der Waals surface area contributed by atoms with Gasteiger partial charge in [-0.2, -0.15) is 4.31 Å². The number of aryl methyl sites for hydroxylation is 1. The number of hydrogen-bond acceptors (Lipinski definition) is 5. The molecule has 0 unspecified atom stereocenters. The van der Waals surface area contributed by atoms with Gasteiger partial charge in [0.05, 0.1) is 21.9 Å². The average Bonchev–Trinajstić information content (AvgIpc) is 2.71. The van der Waals surface area contributed by atoms with Crippen molar-refractivity contribution in [1.82, 2.24) is 9.29 Å². The Labute approximate surface area is 174 Å². The van der Waals surface area contributed by atoms with Gasteiger partial charge in [-0.15, -0.1) is 0 Å². The number of aromatic nitrogens is 1. The molecule has 0 radical (unpaired) electrons. The van der Waals surface area contributed by atoms with E-state index in [1.807, 2.05) is 0 Å². The standard InChI is InChI=1S/C21H24N2O6S/c1-12-2-4-17-15(10-12)19(21(26)27)16-11-14(3-5-18(16)22-17)30(28,29)23-8-6-13(7-9-23)20(24)25/h3,5,11-13H,2,4,6-10H2,1H3,(H,24,25)(H,26,27)/t12-/m1/s1. The summed E-state index contributed by atoms with van der Waals surface area (Å²) in [6.07, 6.45) is 2.79. The minimum atomic E-state index is -3.86. The van der Waals surface area contributed by atoms with Crippen molar-refractivity contribution in [2.75, 3.05) is 13.1 Å². The second-order valence-electron chi connectivity index (χ2n) is 8.26. The lowest BCUT2D eigenvalue weighted by atomic mass is 9.84. The predicted octanol–water partition coefficient (Wildman–Crippen LogP) is 2.54. The summed E-state index contributed by atoms with van der Waals surface area (Å²) in [7, 11) is -3.86. The van der Waals surface area contributed by atoms with Crippen molar-refractivity contribution >= 4 is 32.9 Å². The highest BCUT2D eigenvalue weighted by atomic mass is 32.2. The van der Waals surface area contributed by atoms with Crippen LogP contribution in [0.25, 0.3) is 10.9 Å². The predicted molar refractivity (Wildman–Crippen MR) is 109 cm³/mol. The van der Waals surface area contributed by atoms with Crippen molar-refractivity contribution in [2.45, 2.75) is 43.9 Å². The molecule has 0 amide bonds. The highest BCUT2D eigenvalue weighted by Gasteiger charge is 2.33. The van der Waals surface area contributed by atoms with E-state index < -0.39 is 27.9 Å². The minimum Gasteiger partial charge on any atom is -0.481 e. The molecule has 1 fully saturated rings. The van der Waals surface area contributed by atoms with Gasteiger partial charge in [-0.25, -0.2) is 13.2 Å². The van der Waals surface area contributed by atoms with Crippen molar-refractivity contribution < 1.29 is 28.2 Å². The van der Waals surface area contributed by atoms with Crippen molar-refractivity contribution in [3.63, 3.8) is 0 Å². The molecule has 2 heterocycles. The summed E-state index contributed by atoms with van der Waals surface area (Å²) in [5.74, 6) is -2.18. The first-order valence-corrected chi connectivity index (χ1v) is 11.5. The molecule has 30 heavy (non-hydrogen) atoms. The van der Waals surface area contributed by atoms with E-state index >= 15 is 0 Å². The molecule has 160 valence electrons. The number of rotatable bonds is 4. The lowest BCUT2D eigenvalue weighted by Gasteiger charge is -2.29. The zero-order valence-electron chi connectivity index (χ0n) is 16.7. The lowest BCUT2D eigenvalue weighted by Crippen LogP contribution is -2.40. The minimum absolute atomic E-state index is 0.0110. The van der Waals surface area contributed by atoms with Gasteiger partial charge in [0.25, 0.3) is 0 Å². The Kier molecular flexibility index (Phi) is 5.27. The first-order chi connectivity index (χ1) is 14.2. The van der Waals surface area contributed by atoms with Crippen LogP contribution < -0.4 is 0 Å². The zero-order chi connectivity index (χ0) is 21.6. The number of piperidine rings is 1. The van der Waals surface area contributed by atoms with Crippen LogP contribution in [0.5, 0.6) is 0 Å². The average molecular weight is 432 g/mol. The van der Waals surface area contributed by atoms with Gasteiger partial charge in [-0.1, -0.05) is 6.92 Å². The van der Waals surface area contributed by atoms with E-state index in [0.717, 1.165) is 12.1 Å². The largest absolute Gasteiger partial charge is 0.481 e. The number of carbonyl (C=O) groups is 2. The maximum Gasteiger partial charge on any atom is 0.336 e. The number of carboxylic acid groups (broad SMARTS) is 2. The fourth-order valence-corrected chi connectivity index (χ4v) is 5.99. The molecule has 9 heteroatoms. The van der Waals surface area contributed by atoms with Gasteiger partial charge < -0.3 is 10.2 Å². The number of carboxylic acids is 2. The van der Waals surface area contributed by atoms with Crippen LogP contribution in [0.4, 0.5) is 0 Å². The first-order valence-electron chi connectivity index (χ1n) is 10.1. The number of benzene rings is 1. The van der Waals surface area contributed by atoms with Gasteiger partial charge in [0.2, 0.25) is 10.0 Å². The first kappa shape index (κ1) is 20.7. The molecule has 1 aliphatic heterocycles. The van der Waals surface area contributed by atoms with E-state index in [4.69, 9.17) is 5.11 Å². The van der Waals surface area contributed by atoms with E-state index in [1.165, 1.54) is 16.4 Å². The second-order valence-corrected chi connectivity index (χ2v) is 10.2. The summed E-state index contributed by atoms with van der Waals surface area (Å²) in [6.45, 7) is 2.33. The summed E-state index contributed by atoms with van der Waals surface area (Å²) in [5, 5.41) is 19.4. The van der Waals surface area contributed by atoms with E-state index in [0.29, 0.717) is 35.2 Å². The van der Waals surface area contributed by atoms with Gasteiger partial charge in [-0.05, 0) is 61.8 Å². The zero-order valence-corrected chi connectivity index (χ0v) is 17.5. The molecule has 0 saturated carbocycles. The number of aliphatic carboxylic acids is 1. The molecule has 8 nitrogen and oxygen atoms in total. The monoisotopic (exact) mass is 432 g/mol. The summed E-state index contributed by atoms with van der Waals surface area (Å²) >= 11 is 0. The van der Waals surface area contributed by atoms with Crippen LogP contribution in [0.15, 0.2) is 23.1 Å². The number of aromatic carboxylic acids is 1. The molecule has 0 spiro atoms. The molecule has 1 aliphatic carbocycles. The van der Waals surface area contributed by atoms with Crippen molar-refractivity contribution in [3.05, 3.63) is 35.0 Å². The fraction of sp³-hybridized carbons (Fsp3) is 0.476. The van der Waals surface area contributed by atoms with Crippen LogP contribution in [-0.2, 0) is 27.7 Å². The maximum absolute atomic E-state index is 13.1. The van der Waals surface area contributed by atoms with Crippen LogP contribution in [0, 0.1) is 11.8 Å². The van der Waals surface area contributed by atoms with Gasteiger partial charge in [-0.3, -0.25) is 9.78 Å². The molecule has 1 aromatic heterocycles. The van der Waals surface area contributed by atoms with E-state index in [1.54, 1.807) is 6.07 Å². The number of sulfonamides is 1. The van der Waals surface area contributed by atoms with Gasteiger partial charge >= 0.3 is 11.9 Å². The molecular weight excluding hydrogens is 408 g/mol. The van der Waals surface area contributed by atoms with E-state index in [9.17, 15) is 23.1 Å². The summed E-state index contributed by atoms with van der Waals surface area (Å²) in [5.41, 5.74) is 2.10. The molecule has 1 aromatic carbocycles. The van der Waals surface area contributed by atoms with Gasteiger partial charge in [0, 0.05) is 24.2 Å². The summed E-state index contributed by atoms with van der Waals surface area (Å²) < 4.78 is 27.6. The molecule has 4 rings (SSSR count). The molecule has 1 saturated heterocycles. The Hall–Kier alpha value is -2.52. The van der Waals surface area contributed by atoms with Crippen LogP contribution in [0.2, 0.25) is 0 Å². The van der Waals surface area contributed by atoms with E-state index in [-0.39, 0.29) is 36.4 Å². The Balaban J connectivity index is 1.77. The highest BCUT2D eigenvalue weighted by Crippen LogP contribution is 2.33. The van der Waals surface area contributed by atoms with Crippen LogP contribution >= 0.6 is 0 Å². The SMILES string of the molecule is C[C@@H]1CCc2nc3ccc(S(=O)(=O)N4CCC(C(=O)O)CC4)cc3c(C(=O)O)c2C1. The molecular formula is C21H24N2O6S. The van der Waals surface area contributed by atoms with Crippen LogP contribution in [0.3, 0.4) is 0 Å². The fourth-order valence-electron chi connectivity index (χ4n) is 4.49. The Morgan fingerprint density at radius 2 is 1.83 bits per heavy atom. The third kappa shape index (κ3) is 3.56. The third-order valence-electron chi connectivity index (χ3n) is 6.22. The van der Waals surface area contributed by atoms with Crippen LogP contribution in [0.1, 0.15) is 47.8 Å². The summed E-state index contributed by atoms with van der Waals surface area (Å²) in [4.78, 5) is 27.9.